The summed E-state index contributed by atoms with van der Waals surface area (Å²) in [5, 5.41) is 1.14. The number of aliphatic imine (C=N–C) groups is 1. The summed E-state index contributed by atoms with van der Waals surface area (Å²) in [6.07, 6.45) is 2.67. The number of ether oxygens (including phenoxy) is 2. The fraction of sp³-hybridized carbons (Fsp3) is 0.346. The summed E-state index contributed by atoms with van der Waals surface area (Å²) in [5.41, 5.74) is 1.93. The fourth-order valence-corrected chi connectivity index (χ4v) is 4.99. The summed E-state index contributed by atoms with van der Waals surface area (Å²) in [4.78, 5) is 34.7. The van der Waals surface area contributed by atoms with Crippen molar-refractivity contribution in [2.24, 2.45) is 4.99 Å². The van der Waals surface area contributed by atoms with Crippen molar-refractivity contribution >= 4 is 52.1 Å². The molecule has 2 aromatic rings. The molecule has 2 saturated heterocycles. The van der Waals surface area contributed by atoms with Crippen molar-refractivity contribution in [2.45, 2.75) is 20.3 Å². The zero-order valence-electron chi connectivity index (χ0n) is 19.8. The maximum Gasteiger partial charge on any atom is 0.266 e. The molecule has 9 heteroatoms. The van der Waals surface area contributed by atoms with Gasteiger partial charge in [0.25, 0.3) is 11.8 Å². The van der Waals surface area contributed by atoms with Crippen LogP contribution in [0.25, 0.3) is 6.08 Å². The largest absolute Gasteiger partial charge is 0.493 e. The normalized spacial score (nSPS) is 18.5. The summed E-state index contributed by atoms with van der Waals surface area (Å²) in [7, 11) is 0. The molecule has 0 saturated carbocycles. The summed E-state index contributed by atoms with van der Waals surface area (Å²) in [5.74, 6) is 0.511. The van der Waals surface area contributed by atoms with Crippen LogP contribution in [0.5, 0.6) is 5.75 Å². The van der Waals surface area contributed by atoms with Gasteiger partial charge in [0.15, 0.2) is 5.17 Å². The van der Waals surface area contributed by atoms with Gasteiger partial charge in [0.2, 0.25) is 0 Å². The van der Waals surface area contributed by atoms with E-state index in [-0.39, 0.29) is 11.8 Å². The summed E-state index contributed by atoms with van der Waals surface area (Å²) >= 11 is 7.51. The Morgan fingerprint density at radius 3 is 2.74 bits per heavy atom. The average Bonchev–Trinajstić information content (AvgIpc) is 3.17. The zero-order valence-corrected chi connectivity index (χ0v) is 21.4. The van der Waals surface area contributed by atoms with Crippen LogP contribution in [0.4, 0.5) is 5.69 Å². The van der Waals surface area contributed by atoms with Gasteiger partial charge < -0.3 is 14.4 Å². The molecule has 7 nitrogen and oxygen atoms in total. The second-order valence-corrected chi connectivity index (χ2v) is 9.49. The van der Waals surface area contributed by atoms with Gasteiger partial charge in [-0.25, -0.2) is 4.99 Å². The minimum Gasteiger partial charge on any atom is -0.493 e. The number of morpholine rings is 1. The Balaban J connectivity index is 1.60. The average molecular weight is 514 g/mol. The highest BCUT2D eigenvalue weighted by molar-refractivity contribution is 8.18. The highest BCUT2D eigenvalue weighted by atomic mass is 35.5. The van der Waals surface area contributed by atoms with Crippen molar-refractivity contribution in [3.05, 3.63) is 63.5 Å². The summed E-state index contributed by atoms with van der Waals surface area (Å²) < 4.78 is 11.2. The van der Waals surface area contributed by atoms with Crippen LogP contribution in [0.3, 0.4) is 0 Å². The quantitative estimate of drug-likeness (QED) is 0.474. The molecule has 0 unspecified atom stereocenters. The lowest BCUT2D eigenvalue weighted by molar-refractivity contribution is -0.122. The minimum absolute atomic E-state index is 0.0426. The first-order chi connectivity index (χ1) is 17.0. The zero-order chi connectivity index (χ0) is 24.8. The summed E-state index contributed by atoms with van der Waals surface area (Å²) in [6.45, 7) is 7.24. The van der Waals surface area contributed by atoms with E-state index in [1.54, 1.807) is 40.1 Å². The first-order valence-electron chi connectivity index (χ1n) is 11.7. The molecule has 2 amide bonds. The minimum atomic E-state index is -0.127. The second-order valence-electron chi connectivity index (χ2n) is 8.04. The maximum absolute atomic E-state index is 13.1. The van der Waals surface area contributed by atoms with Crippen molar-refractivity contribution in [3.63, 3.8) is 0 Å². The predicted molar refractivity (Wildman–Crippen MR) is 140 cm³/mol. The topological polar surface area (TPSA) is 71.4 Å². The van der Waals surface area contributed by atoms with Crippen molar-refractivity contribution in [1.82, 2.24) is 9.80 Å². The van der Waals surface area contributed by atoms with E-state index in [9.17, 15) is 9.59 Å². The van der Waals surface area contributed by atoms with Crippen LogP contribution in [-0.2, 0) is 9.53 Å². The number of thioether (sulfide) groups is 1. The number of nitrogens with zero attached hydrogens (tertiary/aromatic N) is 3. The number of amidine groups is 1. The molecule has 2 heterocycles. The number of carbonyl (C=O) groups is 2. The van der Waals surface area contributed by atoms with Gasteiger partial charge in [-0.3, -0.25) is 14.5 Å². The Hall–Kier alpha value is -2.81. The highest BCUT2D eigenvalue weighted by Crippen LogP contribution is 2.36. The van der Waals surface area contributed by atoms with Gasteiger partial charge in [0.1, 0.15) is 5.75 Å². The molecule has 2 aromatic carbocycles. The highest BCUT2D eigenvalue weighted by Gasteiger charge is 2.32. The number of benzene rings is 2. The lowest BCUT2D eigenvalue weighted by Crippen LogP contribution is -2.40. The molecule has 0 N–H and O–H groups in total. The lowest BCUT2D eigenvalue weighted by atomic mass is 10.1. The van der Waals surface area contributed by atoms with Gasteiger partial charge in [-0.15, -0.1) is 0 Å². The third-order valence-electron chi connectivity index (χ3n) is 5.54. The van der Waals surface area contributed by atoms with E-state index in [0.717, 1.165) is 12.0 Å². The van der Waals surface area contributed by atoms with Gasteiger partial charge in [0, 0.05) is 35.8 Å². The number of rotatable bonds is 7. The van der Waals surface area contributed by atoms with E-state index in [1.165, 1.54) is 11.8 Å². The van der Waals surface area contributed by atoms with Crippen molar-refractivity contribution < 1.29 is 19.1 Å². The molecule has 2 aliphatic heterocycles. The molecule has 0 spiro atoms. The molecule has 0 radical (unpaired) electrons. The van der Waals surface area contributed by atoms with Crippen LogP contribution in [0.2, 0.25) is 5.02 Å². The smallest absolute Gasteiger partial charge is 0.266 e. The van der Waals surface area contributed by atoms with Gasteiger partial charge in [0.05, 0.1) is 30.4 Å². The molecule has 0 aliphatic carbocycles. The SMILES string of the molecule is CCCOc1ccc(Cl)cc1/C=C1/SC(=Nc2cccc(C(=O)N3CCOCC3)c2)N(CC)C1=O. The number of halogens is 1. The number of carbonyl (C=O) groups excluding carboxylic acids is 2. The van der Waals surface area contributed by atoms with Crippen LogP contribution < -0.4 is 4.74 Å². The van der Waals surface area contributed by atoms with Crippen molar-refractivity contribution in [3.8, 4) is 5.75 Å². The maximum atomic E-state index is 13.1. The first-order valence-corrected chi connectivity index (χ1v) is 12.9. The second kappa shape index (κ2) is 11.7. The van der Waals surface area contributed by atoms with E-state index in [2.05, 4.69) is 0 Å². The van der Waals surface area contributed by atoms with Crippen LogP contribution in [0.1, 0.15) is 36.2 Å². The molecule has 2 aliphatic rings. The Bertz CT molecular complexity index is 1160. The Morgan fingerprint density at radius 1 is 1.20 bits per heavy atom. The number of hydrogen-bond donors (Lipinski definition) is 0. The number of likely N-dealkylation sites (N-methyl/N-ethyl adjacent to an activating group) is 1. The van der Waals surface area contributed by atoms with Crippen LogP contribution in [0.15, 0.2) is 52.4 Å². The Labute approximate surface area is 214 Å². The molecule has 2 fully saturated rings. The third-order valence-corrected chi connectivity index (χ3v) is 6.78. The molecule has 0 aromatic heterocycles. The standard InChI is InChI=1S/C26H28ClN3O4S/c1-3-12-34-22-9-8-20(27)15-19(22)17-23-25(32)30(4-2)26(35-23)28-21-7-5-6-18(16-21)24(31)29-10-13-33-14-11-29/h5-9,15-17H,3-4,10-14H2,1-2H3/b23-17+,28-26?. The van der Waals surface area contributed by atoms with E-state index in [4.69, 9.17) is 26.1 Å². The van der Waals surface area contributed by atoms with E-state index in [1.807, 2.05) is 32.0 Å². The molecular weight excluding hydrogens is 486 g/mol. The molecule has 184 valence electrons. The fourth-order valence-electron chi connectivity index (χ4n) is 3.75. The number of amides is 2. The third kappa shape index (κ3) is 6.07. The van der Waals surface area contributed by atoms with Gasteiger partial charge in [-0.05, 0) is 67.6 Å². The number of hydrogen-bond acceptors (Lipinski definition) is 6. The van der Waals surface area contributed by atoms with Gasteiger partial charge in [-0.2, -0.15) is 0 Å². The van der Waals surface area contributed by atoms with Gasteiger partial charge >= 0.3 is 0 Å². The molecule has 0 bridgehead atoms. The van der Waals surface area contributed by atoms with E-state index in [0.29, 0.717) is 71.6 Å². The molecule has 35 heavy (non-hydrogen) atoms. The van der Waals surface area contributed by atoms with E-state index >= 15 is 0 Å². The molecular formula is C26H28ClN3O4S. The van der Waals surface area contributed by atoms with Crippen LogP contribution >= 0.6 is 23.4 Å². The van der Waals surface area contributed by atoms with Crippen molar-refractivity contribution in [1.29, 1.82) is 0 Å². The first kappa shape index (κ1) is 25.3. The van der Waals surface area contributed by atoms with Crippen molar-refractivity contribution in [2.75, 3.05) is 39.5 Å². The Kier molecular flexibility index (Phi) is 8.49. The van der Waals surface area contributed by atoms with Gasteiger partial charge in [-0.1, -0.05) is 24.6 Å². The van der Waals surface area contributed by atoms with Crippen LogP contribution in [-0.4, -0.2) is 66.2 Å². The van der Waals surface area contributed by atoms with Crippen LogP contribution in [0, 0.1) is 0 Å². The summed E-state index contributed by atoms with van der Waals surface area (Å²) in [6, 6.07) is 12.6. The monoisotopic (exact) mass is 513 g/mol. The Morgan fingerprint density at radius 2 is 2.00 bits per heavy atom. The van der Waals surface area contributed by atoms with E-state index < -0.39 is 0 Å². The predicted octanol–water partition coefficient (Wildman–Crippen LogP) is 5.23. The molecule has 0 atom stereocenters. The molecule has 4 rings (SSSR count). The lowest BCUT2D eigenvalue weighted by Gasteiger charge is -2.26.